The van der Waals surface area contributed by atoms with E-state index in [1.165, 1.54) is 17.8 Å². The summed E-state index contributed by atoms with van der Waals surface area (Å²) in [5.74, 6) is 0. The fourth-order valence-corrected chi connectivity index (χ4v) is 2.06. The predicted molar refractivity (Wildman–Crippen MR) is 62.7 cm³/mol. The van der Waals surface area contributed by atoms with Crippen LogP contribution in [0.15, 0.2) is 39.2 Å². The lowest BCUT2D eigenvalue weighted by Gasteiger charge is -2.00. The number of nitrogens with zero attached hydrogens (tertiary/aromatic N) is 3. The Bertz CT molecular complexity index is 644. The van der Waals surface area contributed by atoms with Crippen LogP contribution in [-0.4, -0.2) is 15.0 Å². The van der Waals surface area contributed by atoms with Crippen LogP contribution in [0.25, 0.3) is 0 Å². The minimum absolute atomic E-state index is 0.198. The van der Waals surface area contributed by atoms with E-state index in [2.05, 4.69) is 15.0 Å². The standard InChI is InChI=1S/C11H8N4OS/c1-7-5-9(16)15-11(13-7)17-10-4-2-3-8(6-12)14-10/h2-5H,1H3,(H,13,15,16). The van der Waals surface area contributed by atoms with Gasteiger partial charge in [0.05, 0.1) is 0 Å². The molecule has 84 valence electrons. The van der Waals surface area contributed by atoms with Gasteiger partial charge in [0.2, 0.25) is 0 Å². The molecule has 0 aliphatic heterocycles. The van der Waals surface area contributed by atoms with Crippen LogP contribution in [0.1, 0.15) is 11.4 Å². The van der Waals surface area contributed by atoms with Crippen molar-refractivity contribution in [1.82, 2.24) is 15.0 Å². The van der Waals surface area contributed by atoms with Gasteiger partial charge in [0.15, 0.2) is 5.16 Å². The highest BCUT2D eigenvalue weighted by molar-refractivity contribution is 7.99. The van der Waals surface area contributed by atoms with Crippen LogP contribution in [-0.2, 0) is 0 Å². The molecule has 0 aliphatic carbocycles. The van der Waals surface area contributed by atoms with E-state index in [9.17, 15) is 4.79 Å². The summed E-state index contributed by atoms with van der Waals surface area (Å²) in [4.78, 5) is 22.1. The number of H-pyrrole nitrogens is 1. The number of hydrogen-bond acceptors (Lipinski definition) is 5. The third kappa shape index (κ3) is 2.92. The molecule has 1 N–H and O–H groups in total. The van der Waals surface area contributed by atoms with E-state index in [4.69, 9.17) is 5.26 Å². The van der Waals surface area contributed by atoms with Gasteiger partial charge in [0.1, 0.15) is 16.8 Å². The van der Waals surface area contributed by atoms with E-state index in [1.54, 1.807) is 25.1 Å². The third-order valence-electron chi connectivity index (χ3n) is 1.89. The van der Waals surface area contributed by atoms with Gasteiger partial charge in [-0.15, -0.1) is 0 Å². The molecule has 0 saturated carbocycles. The van der Waals surface area contributed by atoms with Crippen LogP contribution in [0.2, 0.25) is 0 Å². The first-order valence-corrected chi connectivity index (χ1v) is 5.62. The maximum atomic E-state index is 11.2. The summed E-state index contributed by atoms with van der Waals surface area (Å²) in [5, 5.41) is 9.81. The smallest absolute Gasteiger partial charge is 0.251 e. The van der Waals surface area contributed by atoms with Crippen molar-refractivity contribution in [2.24, 2.45) is 0 Å². The molecule has 5 nitrogen and oxygen atoms in total. The van der Waals surface area contributed by atoms with Gasteiger partial charge in [0, 0.05) is 11.8 Å². The molecule has 0 aromatic carbocycles. The number of nitrogens with one attached hydrogen (secondary N) is 1. The van der Waals surface area contributed by atoms with Gasteiger partial charge in [-0.2, -0.15) is 5.26 Å². The van der Waals surface area contributed by atoms with Crippen molar-refractivity contribution in [3.8, 4) is 6.07 Å². The van der Waals surface area contributed by atoms with E-state index >= 15 is 0 Å². The number of aryl methyl sites for hydroxylation is 1. The van der Waals surface area contributed by atoms with Gasteiger partial charge in [-0.25, -0.2) is 9.97 Å². The minimum Gasteiger partial charge on any atom is -0.301 e. The zero-order chi connectivity index (χ0) is 12.3. The number of aromatic amines is 1. The SMILES string of the molecule is Cc1cc(=O)[nH]c(Sc2cccc(C#N)n2)n1. The Morgan fingerprint density at radius 2 is 2.24 bits per heavy atom. The van der Waals surface area contributed by atoms with Crippen LogP contribution in [0, 0.1) is 18.3 Å². The molecule has 2 rings (SSSR count). The van der Waals surface area contributed by atoms with E-state index in [0.717, 1.165) is 0 Å². The molecule has 0 unspecified atom stereocenters. The molecule has 0 aliphatic rings. The lowest BCUT2D eigenvalue weighted by molar-refractivity contribution is 0.901. The number of pyridine rings is 1. The maximum absolute atomic E-state index is 11.2. The average molecular weight is 244 g/mol. The zero-order valence-electron chi connectivity index (χ0n) is 8.97. The molecule has 0 spiro atoms. The molecule has 0 bridgehead atoms. The Kier molecular flexibility index (Phi) is 3.21. The summed E-state index contributed by atoms with van der Waals surface area (Å²) < 4.78 is 0. The molecule has 2 aromatic rings. The quantitative estimate of drug-likeness (QED) is 0.809. The number of rotatable bonds is 2. The summed E-state index contributed by atoms with van der Waals surface area (Å²) in [7, 11) is 0. The Morgan fingerprint density at radius 1 is 1.41 bits per heavy atom. The molecule has 2 heterocycles. The van der Waals surface area contributed by atoms with E-state index in [1.807, 2.05) is 6.07 Å². The number of nitriles is 1. The molecule has 2 aromatic heterocycles. The Morgan fingerprint density at radius 3 is 2.94 bits per heavy atom. The Hall–Kier alpha value is -2.13. The summed E-state index contributed by atoms with van der Waals surface area (Å²) in [6, 6.07) is 8.50. The van der Waals surface area contributed by atoms with Crippen molar-refractivity contribution in [2.75, 3.05) is 0 Å². The van der Waals surface area contributed by atoms with Crippen molar-refractivity contribution in [2.45, 2.75) is 17.1 Å². The molecule has 0 saturated heterocycles. The van der Waals surface area contributed by atoms with Crippen LogP contribution in [0.4, 0.5) is 0 Å². The zero-order valence-corrected chi connectivity index (χ0v) is 9.78. The maximum Gasteiger partial charge on any atom is 0.251 e. The number of aromatic nitrogens is 3. The van der Waals surface area contributed by atoms with Gasteiger partial charge < -0.3 is 4.98 Å². The first-order valence-electron chi connectivity index (χ1n) is 4.80. The minimum atomic E-state index is -0.198. The summed E-state index contributed by atoms with van der Waals surface area (Å²) >= 11 is 1.22. The summed E-state index contributed by atoms with van der Waals surface area (Å²) in [5.41, 5.74) is 0.786. The van der Waals surface area contributed by atoms with Crippen molar-refractivity contribution in [1.29, 1.82) is 5.26 Å². The second kappa shape index (κ2) is 4.80. The lowest BCUT2D eigenvalue weighted by atomic mass is 10.4. The second-order valence-electron chi connectivity index (χ2n) is 3.27. The molecular formula is C11H8N4OS. The van der Waals surface area contributed by atoms with Crippen LogP contribution in [0.5, 0.6) is 0 Å². The molecular weight excluding hydrogens is 236 g/mol. The first-order chi connectivity index (χ1) is 8.17. The average Bonchev–Trinajstić information content (AvgIpc) is 2.28. The van der Waals surface area contributed by atoms with E-state index in [-0.39, 0.29) is 5.56 Å². The Labute approximate surface area is 102 Å². The Balaban J connectivity index is 2.31. The molecule has 17 heavy (non-hydrogen) atoms. The first kappa shape index (κ1) is 11.4. The second-order valence-corrected chi connectivity index (χ2v) is 4.28. The number of hydrogen-bond donors (Lipinski definition) is 1. The van der Waals surface area contributed by atoms with Crippen molar-refractivity contribution in [3.63, 3.8) is 0 Å². The van der Waals surface area contributed by atoms with Crippen LogP contribution < -0.4 is 5.56 Å². The largest absolute Gasteiger partial charge is 0.301 e. The van der Waals surface area contributed by atoms with Gasteiger partial charge in [0.25, 0.3) is 5.56 Å². The van der Waals surface area contributed by atoms with Gasteiger partial charge >= 0.3 is 0 Å². The predicted octanol–water partition coefficient (Wildman–Crippen LogP) is 1.50. The van der Waals surface area contributed by atoms with E-state index in [0.29, 0.717) is 21.6 Å². The van der Waals surface area contributed by atoms with Crippen LogP contribution in [0.3, 0.4) is 0 Å². The molecule has 0 amide bonds. The molecule has 6 heteroatoms. The monoisotopic (exact) mass is 244 g/mol. The fourth-order valence-electron chi connectivity index (χ4n) is 1.23. The molecule has 0 fully saturated rings. The normalized spacial score (nSPS) is 9.88. The molecule has 0 atom stereocenters. The highest BCUT2D eigenvalue weighted by Gasteiger charge is 2.03. The van der Waals surface area contributed by atoms with Gasteiger partial charge in [-0.05, 0) is 30.8 Å². The highest BCUT2D eigenvalue weighted by Crippen LogP contribution is 2.21. The third-order valence-corrected chi connectivity index (χ3v) is 2.71. The van der Waals surface area contributed by atoms with Crippen molar-refractivity contribution in [3.05, 3.63) is 46.0 Å². The topological polar surface area (TPSA) is 82.4 Å². The summed E-state index contributed by atoms with van der Waals surface area (Å²) in [6.45, 7) is 1.75. The van der Waals surface area contributed by atoms with E-state index < -0.39 is 0 Å². The molecule has 0 radical (unpaired) electrons. The fraction of sp³-hybridized carbons (Fsp3) is 0.0909. The lowest BCUT2D eigenvalue weighted by Crippen LogP contribution is -2.08. The van der Waals surface area contributed by atoms with Crippen molar-refractivity contribution < 1.29 is 0 Å². The van der Waals surface area contributed by atoms with Crippen LogP contribution >= 0.6 is 11.8 Å². The van der Waals surface area contributed by atoms with Crippen molar-refractivity contribution >= 4 is 11.8 Å². The van der Waals surface area contributed by atoms with Gasteiger partial charge in [-0.3, -0.25) is 4.79 Å². The van der Waals surface area contributed by atoms with Gasteiger partial charge in [-0.1, -0.05) is 6.07 Å². The highest BCUT2D eigenvalue weighted by atomic mass is 32.2. The summed E-state index contributed by atoms with van der Waals surface area (Å²) in [6.07, 6.45) is 0.